The van der Waals surface area contributed by atoms with Gasteiger partial charge in [0.2, 0.25) is 5.82 Å². The minimum atomic E-state index is -4.65. The zero-order valence-electron chi connectivity index (χ0n) is 24.9. The van der Waals surface area contributed by atoms with Crippen molar-refractivity contribution in [3.63, 3.8) is 0 Å². The van der Waals surface area contributed by atoms with Crippen molar-refractivity contribution < 1.29 is 31.4 Å². The van der Waals surface area contributed by atoms with E-state index in [0.717, 1.165) is 49.3 Å². The van der Waals surface area contributed by atoms with Gasteiger partial charge in [-0.2, -0.15) is 13.2 Å². The topological polar surface area (TPSA) is 94.0 Å². The Morgan fingerprint density at radius 1 is 1.00 bits per heavy atom. The Kier molecular flexibility index (Phi) is 8.57. The molecule has 0 saturated carbocycles. The van der Waals surface area contributed by atoms with E-state index in [1.165, 1.54) is 18.2 Å². The highest BCUT2D eigenvalue weighted by Gasteiger charge is 2.35. The molecular formula is C32H29ClF5N7O2. The minimum absolute atomic E-state index is 0.0475. The van der Waals surface area contributed by atoms with E-state index in [9.17, 15) is 22.0 Å². The van der Waals surface area contributed by atoms with Crippen LogP contribution in [0.5, 0.6) is 5.75 Å². The first-order valence-electron chi connectivity index (χ1n) is 15.2. The average Bonchev–Trinajstić information content (AvgIpc) is 3.65. The van der Waals surface area contributed by atoms with E-state index in [1.807, 2.05) is 0 Å². The number of likely N-dealkylation sites (tertiary alicyclic amines) is 1. The molecule has 1 N–H and O–H groups in total. The fourth-order valence-electron chi connectivity index (χ4n) is 5.97. The van der Waals surface area contributed by atoms with Crippen LogP contribution in [-0.2, 0) is 30.6 Å². The number of hydrogen-bond acceptors (Lipinski definition) is 7. The highest BCUT2D eigenvalue weighted by atomic mass is 35.5. The quantitative estimate of drug-likeness (QED) is 0.170. The predicted octanol–water partition coefficient (Wildman–Crippen LogP) is 6.91. The van der Waals surface area contributed by atoms with Crippen LogP contribution in [0.25, 0.3) is 22.6 Å². The molecule has 2 aromatic carbocycles. The average molecular weight is 674 g/mol. The smallest absolute Gasteiger partial charge is 0.451 e. The summed E-state index contributed by atoms with van der Waals surface area (Å²) >= 11 is 5.82. The summed E-state index contributed by atoms with van der Waals surface area (Å²) in [6.07, 6.45) is -0.440. The van der Waals surface area contributed by atoms with Crippen LogP contribution in [0, 0.1) is 11.6 Å². The first-order valence-corrected chi connectivity index (χ1v) is 15.5. The normalized spacial score (nSPS) is 17.7. The monoisotopic (exact) mass is 673 g/mol. The Labute approximate surface area is 270 Å². The number of imidazole rings is 1. The lowest BCUT2D eigenvalue weighted by Gasteiger charge is -2.33. The van der Waals surface area contributed by atoms with Gasteiger partial charge in [-0.1, -0.05) is 23.7 Å². The van der Waals surface area contributed by atoms with Crippen molar-refractivity contribution in [1.82, 2.24) is 34.6 Å². The number of halogens is 6. The predicted molar refractivity (Wildman–Crippen MR) is 162 cm³/mol. The van der Waals surface area contributed by atoms with Gasteiger partial charge in [-0.05, 0) is 74.2 Å². The van der Waals surface area contributed by atoms with Gasteiger partial charge in [-0.3, -0.25) is 9.88 Å². The highest BCUT2D eigenvalue weighted by Crippen LogP contribution is 2.33. The molecule has 2 aliphatic rings. The first kappa shape index (κ1) is 31.5. The maximum Gasteiger partial charge on any atom is 0.451 e. The van der Waals surface area contributed by atoms with Crippen molar-refractivity contribution in [2.75, 3.05) is 19.7 Å². The van der Waals surface area contributed by atoms with Crippen molar-refractivity contribution in [3.8, 4) is 17.3 Å². The van der Waals surface area contributed by atoms with Gasteiger partial charge in [-0.25, -0.2) is 13.8 Å². The Hall–Kier alpha value is -4.14. The number of alkyl halides is 3. The van der Waals surface area contributed by atoms with E-state index < -0.39 is 23.6 Å². The summed E-state index contributed by atoms with van der Waals surface area (Å²) in [6, 6.07) is 10.7. The Morgan fingerprint density at radius 2 is 1.81 bits per heavy atom. The van der Waals surface area contributed by atoms with Crippen molar-refractivity contribution in [1.29, 1.82) is 0 Å². The van der Waals surface area contributed by atoms with E-state index >= 15 is 0 Å². The molecule has 9 nitrogen and oxygen atoms in total. The third-order valence-electron chi connectivity index (χ3n) is 8.67. The molecule has 5 heterocycles. The number of pyridine rings is 1. The third-order valence-corrected chi connectivity index (χ3v) is 8.90. The molecule has 2 aliphatic heterocycles. The fourth-order valence-corrected chi connectivity index (χ4v) is 6.13. The standard InChI is InChI=1S/C32H29ClF5N7O2/c33-21-3-1-20(24(35)12-21)17-47-28-11-19(2-4-23(28)34)18-5-8-44(9-6-18)16-29-40-25-13-26(30-41-31(43-42-30)32(36,37)38)39-14-27(25)45(29)15-22-7-10-46-22/h1-4,11-14,18,22H,5-10,15-17H2,(H,41,42,43). The van der Waals surface area contributed by atoms with Gasteiger partial charge in [0.1, 0.15) is 23.9 Å². The van der Waals surface area contributed by atoms with E-state index in [4.69, 9.17) is 26.1 Å². The number of aromatic amines is 1. The SMILES string of the molecule is Fc1cc(Cl)ccc1COc1cc(C2CCN(Cc3nc4cc(-c5nnc(C(F)(F)F)[nH]5)ncc4n3CC3CCO3)CC2)ccc1F. The van der Waals surface area contributed by atoms with Crippen LogP contribution < -0.4 is 4.74 Å². The number of nitrogens with one attached hydrogen (secondary N) is 1. The number of fused-ring (bicyclic) bond motifs is 1. The van der Waals surface area contributed by atoms with Crippen molar-refractivity contribution >= 4 is 22.6 Å². The zero-order valence-corrected chi connectivity index (χ0v) is 25.7. The Balaban J connectivity index is 1.04. The number of piperidine rings is 1. The van der Waals surface area contributed by atoms with Gasteiger partial charge in [0, 0.05) is 17.2 Å². The molecule has 246 valence electrons. The number of rotatable bonds is 9. The Morgan fingerprint density at radius 3 is 2.51 bits per heavy atom. The van der Waals surface area contributed by atoms with Crippen LogP contribution in [0.3, 0.4) is 0 Å². The summed E-state index contributed by atoms with van der Waals surface area (Å²) in [4.78, 5) is 13.7. The van der Waals surface area contributed by atoms with E-state index in [-0.39, 0.29) is 46.5 Å². The van der Waals surface area contributed by atoms with Gasteiger partial charge in [0.25, 0.3) is 0 Å². The van der Waals surface area contributed by atoms with Crippen molar-refractivity contribution in [3.05, 3.63) is 88.1 Å². The fraction of sp³-hybridized carbons (Fsp3) is 0.375. The number of benzene rings is 2. The van der Waals surface area contributed by atoms with Gasteiger partial charge in [0.15, 0.2) is 17.4 Å². The molecule has 15 heteroatoms. The van der Waals surface area contributed by atoms with Crippen LogP contribution in [0.2, 0.25) is 5.02 Å². The van der Waals surface area contributed by atoms with Crippen molar-refractivity contribution in [2.24, 2.45) is 0 Å². The Bertz CT molecular complexity index is 1900. The molecule has 1 atom stereocenters. The lowest BCUT2D eigenvalue weighted by Crippen LogP contribution is -2.35. The molecule has 0 spiro atoms. The van der Waals surface area contributed by atoms with Gasteiger partial charge in [-0.15, -0.1) is 10.2 Å². The molecule has 0 aliphatic carbocycles. The number of aromatic nitrogens is 6. The molecule has 2 saturated heterocycles. The largest absolute Gasteiger partial charge is 0.486 e. The summed E-state index contributed by atoms with van der Waals surface area (Å²) in [5, 5.41) is 7.10. The summed E-state index contributed by atoms with van der Waals surface area (Å²) in [6.45, 7) is 3.23. The summed E-state index contributed by atoms with van der Waals surface area (Å²) in [7, 11) is 0. The molecule has 0 radical (unpaired) electrons. The lowest BCUT2D eigenvalue weighted by atomic mass is 9.89. The second-order valence-electron chi connectivity index (χ2n) is 11.8. The highest BCUT2D eigenvalue weighted by molar-refractivity contribution is 6.30. The first-order chi connectivity index (χ1) is 22.6. The second-order valence-corrected chi connectivity index (χ2v) is 12.2. The van der Waals surface area contributed by atoms with Gasteiger partial charge < -0.3 is 19.0 Å². The zero-order chi connectivity index (χ0) is 32.7. The van der Waals surface area contributed by atoms with Gasteiger partial charge in [0.05, 0.1) is 36.4 Å². The van der Waals surface area contributed by atoms with Crippen LogP contribution in [-0.4, -0.2) is 60.4 Å². The molecule has 0 bridgehead atoms. The number of nitrogens with zero attached hydrogens (tertiary/aromatic N) is 6. The van der Waals surface area contributed by atoms with E-state index in [0.29, 0.717) is 25.2 Å². The molecule has 3 aromatic heterocycles. The molecule has 1 unspecified atom stereocenters. The van der Waals surface area contributed by atoms with Crippen LogP contribution in [0.1, 0.15) is 48.0 Å². The maximum absolute atomic E-state index is 14.6. The molecule has 47 heavy (non-hydrogen) atoms. The second kappa shape index (κ2) is 12.8. The van der Waals surface area contributed by atoms with Crippen LogP contribution in [0.15, 0.2) is 48.7 Å². The number of H-pyrrole nitrogens is 1. The van der Waals surface area contributed by atoms with Crippen LogP contribution >= 0.6 is 11.6 Å². The minimum Gasteiger partial charge on any atom is -0.486 e. The molecular weight excluding hydrogens is 645 g/mol. The van der Waals surface area contributed by atoms with Crippen LogP contribution in [0.4, 0.5) is 22.0 Å². The summed E-state index contributed by atoms with van der Waals surface area (Å²) in [5.41, 5.74) is 2.77. The summed E-state index contributed by atoms with van der Waals surface area (Å²) < 4.78 is 81.4. The molecule has 5 aromatic rings. The molecule has 7 rings (SSSR count). The van der Waals surface area contributed by atoms with E-state index in [2.05, 4.69) is 29.6 Å². The maximum atomic E-state index is 14.6. The lowest BCUT2D eigenvalue weighted by molar-refractivity contribution is -0.144. The molecule has 0 amide bonds. The third kappa shape index (κ3) is 6.81. The van der Waals surface area contributed by atoms with Gasteiger partial charge >= 0.3 is 6.18 Å². The summed E-state index contributed by atoms with van der Waals surface area (Å²) in [5.74, 6) is -1.26. The van der Waals surface area contributed by atoms with Crippen molar-refractivity contribution in [2.45, 2.75) is 57.2 Å². The van der Waals surface area contributed by atoms with E-state index in [1.54, 1.807) is 30.5 Å². The molecule has 2 fully saturated rings. The number of ether oxygens (including phenoxy) is 2. The number of hydrogen-bond donors (Lipinski definition) is 1.